The molecule has 0 atom stereocenters. The lowest BCUT2D eigenvalue weighted by Crippen LogP contribution is -2.27. The molecule has 0 heterocycles. The standard InChI is InChI=1S/C14H17ClFNO2/c1-9(8-15)11-7-10(5-6-12(11)16)17-13(18)19-14(2,3)4/h5-7H,1,8H2,2-4H3,(H,17,18). The van der Waals surface area contributed by atoms with E-state index in [-0.39, 0.29) is 11.4 Å². The molecule has 0 bridgehead atoms. The van der Waals surface area contributed by atoms with E-state index in [2.05, 4.69) is 11.9 Å². The van der Waals surface area contributed by atoms with E-state index >= 15 is 0 Å². The fourth-order valence-corrected chi connectivity index (χ4v) is 1.51. The van der Waals surface area contributed by atoms with Crippen LogP contribution < -0.4 is 5.32 Å². The van der Waals surface area contributed by atoms with Crippen LogP contribution in [0.25, 0.3) is 5.57 Å². The van der Waals surface area contributed by atoms with Gasteiger partial charge in [-0.05, 0) is 44.5 Å². The lowest BCUT2D eigenvalue weighted by Gasteiger charge is -2.20. The number of halogens is 2. The minimum Gasteiger partial charge on any atom is -0.444 e. The van der Waals surface area contributed by atoms with E-state index in [1.165, 1.54) is 18.2 Å². The molecule has 1 N–H and O–H groups in total. The van der Waals surface area contributed by atoms with Gasteiger partial charge < -0.3 is 4.74 Å². The lowest BCUT2D eigenvalue weighted by molar-refractivity contribution is 0.0636. The maximum Gasteiger partial charge on any atom is 0.412 e. The molecule has 0 aromatic heterocycles. The zero-order valence-corrected chi connectivity index (χ0v) is 12.0. The molecule has 1 aromatic carbocycles. The maximum absolute atomic E-state index is 13.6. The largest absolute Gasteiger partial charge is 0.444 e. The Morgan fingerprint density at radius 3 is 2.63 bits per heavy atom. The Labute approximate surface area is 117 Å². The molecule has 0 aliphatic heterocycles. The van der Waals surface area contributed by atoms with E-state index in [0.29, 0.717) is 11.3 Å². The molecule has 1 amide bonds. The van der Waals surface area contributed by atoms with Gasteiger partial charge in [-0.15, -0.1) is 11.6 Å². The van der Waals surface area contributed by atoms with Crippen LogP contribution in [0.4, 0.5) is 14.9 Å². The third kappa shape index (κ3) is 4.91. The highest BCUT2D eigenvalue weighted by Gasteiger charge is 2.16. The molecule has 0 aliphatic rings. The van der Waals surface area contributed by atoms with Crippen LogP contribution in [-0.4, -0.2) is 17.6 Å². The van der Waals surface area contributed by atoms with Gasteiger partial charge >= 0.3 is 6.09 Å². The zero-order valence-electron chi connectivity index (χ0n) is 11.2. The molecule has 0 fully saturated rings. The first-order chi connectivity index (χ1) is 8.73. The third-order valence-electron chi connectivity index (χ3n) is 2.15. The predicted octanol–water partition coefficient (Wildman–Crippen LogP) is 4.42. The molecular weight excluding hydrogens is 269 g/mol. The van der Waals surface area contributed by atoms with Crippen LogP contribution in [0, 0.1) is 5.82 Å². The van der Waals surface area contributed by atoms with Gasteiger partial charge in [0.15, 0.2) is 0 Å². The van der Waals surface area contributed by atoms with Crippen molar-refractivity contribution in [2.24, 2.45) is 0 Å². The molecular formula is C14H17ClFNO2. The van der Waals surface area contributed by atoms with Gasteiger partial charge in [-0.2, -0.15) is 0 Å². The highest BCUT2D eigenvalue weighted by atomic mass is 35.5. The Bertz CT molecular complexity index is 495. The summed E-state index contributed by atoms with van der Waals surface area (Å²) in [6.07, 6.45) is -0.596. The van der Waals surface area contributed by atoms with Crippen molar-refractivity contribution in [3.05, 3.63) is 36.2 Å². The molecule has 5 heteroatoms. The number of carbonyl (C=O) groups is 1. The highest BCUT2D eigenvalue weighted by Crippen LogP contribution is 2.22. The molecule has 1 aromatic rings. The van der Waals surface area contributed by atoms with E-state index in [0.717, 1.165) is 0 Å². The first-order valence-corrected chi connectivity index (χ1v) is 6.30. The normalized spacial score (nSPS) is 11.0. The summed E-state index contributed by atoms with van der Waals surface area (Å²) in [4.78, 5) is 11.6. The van der Waals surface area contributed by atoms with Crippen molar-refractivity contribution in [2.45, 2.75) is 26.4 Å². The number of nitrogens with one attached hydrogen (secondary N) is 1. The van der Waals surface area contributed by atoms with E-state index in [1.54, 1.807) is 20.8 Å². The van der Waals surface area contributed by atoms with Crippen molar-refractivity contribution in [1.82, 2.24) is 0 Å². The van der Waals surface area contributed by atoms with Gasteiger partial charge in [0.05, 0.1) is 0 Å². The summed E-state index contributed by atoms with van der Waals surface area (Å²) in [5.41, 5.74) is 0.569. The van der Waals surface area contributed by atoms with Crippen molar-refractivity contribution in [2.75, 3.05) is 11.2 Å². The number of alkyl halides is 1. The molecule has 19 heavy (non-hydrogen) atoms. The first-order valence-electron chi connectivity index (χ1n) is 5.76. The summed E-state index contributed by atoms with van der Waals surface area (Å²) < 4.78 is 18.7. The average molecular weight is 286 g/mol. The smallest absolute Gasteiger partial charge is 0.412 e. The number of amides is 1. The Morgan fingerprint density at radius 1 is 1.47 bits per heavy atom. The third-order valence-corrected chi connectivity index (χ3v) is 2.48. The summed E-state index contributed by atoms with van der Waals surface area (Å²) >= 11 is 5.63. The van der Waals surface area contributed by atoms with E-state index in [1.807, 2.05) is 0 Å². The van der Waals surface area contributed by atoms with Crippen molar-refractivity contribution >= 4 is 29.0 Å². The molecule has 1 rings (SSSR count). The Kier molecular flexibility index (Phi) is 4.95. The molecule has 0 unspecified atom stereocenters. The summed E-state index contributed by atoms with van der Waals surface area (Å²) in [6, 6.07) is 4.17. The molecule has 0 saturated heterocycles. The summed E-state index contributed by atoms with van der Waals surface area (Å²) in [6.45, 7) is 8.95. The molecule has 0 aliphatic carbocycles. The Hall–Kier alpha value is -1.55. The number of benzene rings is 1. The quantitative estimate of drug-likeness (QED) is 0.835. The fraction of sp³-hybridized carbons (Fsp3) is 0.357. The van der Waals surface area contributed by atoms with Crippen molar-refractivity contribution < 1.29 is 13.9 Å². The second kappa shape index (κ2) is 6.06. The number of hydrogen-bond acceptors (Lipinski definition) is 2. The molecule has 0 radical (unpaired) electrons. The second-order valence-corrected chi connectivity index (χ2v) is 5.33. The van der Waals surface area contributed by atoms with Crippen molar-refractivity contribution in [3.8, 4) is 0 Å². The monoisotopic (exact) mass is 285 g/mol. The first kappa shape index (κ1) is 15.5. The Balaban J connectivity index is 2.86. The number of anilines is 1. The van der Waals surface area contributed by atoms with E-state index in [4.69, 9.17) is 16.3 Å². The van der Waals surface area contributed by atoms with Crippen LogP contribution in [0.5, 0.6) is 0 Å². The van der Waals surface area contributed by atoms with Crippen LogP contribution in [0.1, 0.15) is 26.3 Å². The van der Waals surface area contributed by atoms with Gasteiger partial charge in [0.25, 0.3) is 0 Å². The summed E-state index contributed by atoms with van der Waals surface area (Å²) in [5.74, 6) is -0.312. The number of allylic oxidation sites excluding steroid dienone is 1. The number of carbonyl (C=O) groups excluding carboxylic acids is 1. The summed E-state index contributed by atoms with van der Waals surface area (Å²) in [5, 5.41) is 2.53. The number of hydrogen-bond donors (Lipinski definition) is 1. The van der Waals surface area contributed by atoms with Crippen LogP contribution in [-0.2, 0) is 4.74 Å². The molecule has 104 valence electrons. The van der Waals surface area contributed by atoms with Crippen LogP contribution in [0.3, 0.4) is 0 Å². The fourth-order valence-electron chi connectivity index (χ4n) is 1.37. The van der Waals surface area contributed by atoms with Gasteiger partial charge in [0, 0.05) is 17.1 Å². The molecule has 0 saturated carbocycles. The number of rotatable bonds is 3. The number of ether oxygens (including phenoxy) is 1. The average Bonchev–Trinajstić information content (AvgIpc) is 2.28. The molecule has 0 spiro atoms. The van der Waals surface area contributed by atoms with Gasteiger partial charge in [-0.3, -0.25) is 5.32 Å². The van der Waals surface area contributed by atoms with Crippen molar-refractivity contribution in [1.29, 1.82) is 0 Å². The van der Waals surface area contributed by atoms with Crippen LogP contribution in [0.15, 0.2) is 24.8 Å². The van der Waals surface area contributed by atoms with Crippen molar-refractivity contribution in [3.63, 3.8) is 0 Å². The SMILES string of the molecule is C=C(CCl)c1cc(NC(=O)OC(C)(C)C)ccc1F. The predicted molar refractivity (Wildman–Crippen MR) is 76.0 cm³/mol. The summed E-state index contributed by atoms with van der Waals surface area (Å²) in [7, 11) is 0. The maximum atomic E-state index is 13.6. The second-order valence-electron chi connectivity index (χ2n) is 5.06. The van der Waals surface area contributed by atoms with Gasteiger partial charge in [0.1, 0.15) is 11.4 Å². The van der Waals surface area contributed by atoms with Gasteiger partial charge in [-0.1, -0.05) is 6.58 Å². The van der Waals surface area contributed by atoms with E-state index < -0.39 is 17.5 Å². The minimum absolute atomic E-state index is 0.118. The van der Waals surface area contributed by atoms with E-state index in [9.17, 15) is 9.18 Å². The molecule has 3 nitrogen and oxygen atoms in total. The minimum atomic E-state index is -0.596. The van der Waals surface area contributed by atoms with Gasteiger partial charge in [-0.25, -0.2) is 9.18 Å². The lowest BCUT2D eigenvalue weighted by atomic mass is 10.1. The Morgan fingerprint density at radius 2 is 2.11 bits per heavy atom. The van der Waals surface area contributed by atoms with Crippen LogP contribution >= 0.6 is 11.6 Å². The zero-order chi connectivity index (χ0) is 14.6. The highest BCUT2D eigenvalue weighted by molar-refractivity contribution is 6.23. The van der Waals surface area contributed by atoms with Crippen LogP contribution in [0.2, 0.25) is 0 Å². The topological polar surface area (TPSA) is 38.3 Å². The van der Waals surface area contributed by atoms with Gasteiger partial charge in [0.2, 0.25) is 0 Å².